The third-order valence-corrected chi connectivity index (χ3v) is 3.38. The summed E-state index contributed by atoms with van der Waals surface area (Å²) in [6, 6.07) is 15.3. The lowest BCUT2D eigenvalue weighted by Crippen LogP contribution is -1.98. The van der Waals surface area contributed by atoms with Crippen LogP contribution in [0.1, 0.15) is 0 Å². The highest BCUT2D eigenvalue weighted by molar-refractivity contribution is 5.95. The van der Waals surface area contributed by atoms with Crippen LogP contribution < -0.4 is 5.43 Å². The number of hydrogen-bond acceptors (Lipinski definition) is 2. The van der Waals surface area contributed by atoms with Crippen LogP contribution in [-0.2, 0) is 0 Å². The first kappa shape index (κ1) is 11.0. The first-order valence-corrected chi connectivity index (χ1v) is 6.37. The lowest BCUT2D eigenvalue weighted by Gasteiger charge is -1.95. The van der Waals surface area contributed by atoms with E-state index in [1.807, 2.05) is 18.2 Å². The summed E-state index contributed by atoms with van der Waals surface area (Å²) in [6.45, 7) is 0. The zero-order valence-electron chi connectivity index (χ0n) is 10.6. The number of aromatic nitrogens is 3. The van der Waals surface area contributed by atoms with Crippen molar-refractivity contribution in [2.24, 2.45) is 0 Å². The van der Waals surface area contributed by atoms with Crippen molar-refractivity contribution < 1.29 is 0 Å². The van der Waals surface area contributed by atoms with Crippen molar-refractivity contribution in [2.45, 2.75) is 0 Å². The van der Waals surface area contributed by atoms with Gasteiger partial charge in [0.15, 0.2) is 11.3 Å². The van der Waals surface area contributed by atoms with Crippen molar-refractivity contribution in [3.05, 3.63) is 65.0 Å². The molecule has 4 aromatic rings. The van der Waals surface area contributed by atoms with E-state index in [4.69, 9.17) is 0 Å². The van der Waals surface area contributed by atoms with Gasteiger partial charge in [0, 0.05) is 18.3 Å². The fourth-order valence-corrected chi connectivity index (χ4v) is 2.41. The molecule has 96 valence electrons. The summed E-state index contributed by atoms with van der Waals surface area (Å²) in [5, 5.41) is 2.32. The standard InChI is InChI=1S/C16H11N3O/c20-12-5-6-17-15(9-12)16-18-13-7-10-3-1-2-4-11(10)8-14(13)19-16/h1-9H,(H,17,20)(H,18,19). The molecule has 2 aromatic carbocycles. The number of benzene rings is 2. The highest BCUT2D eigenvalue weighted by Crippen LogP contribution is 2.23. The van der Waals surface area contributed by atoms with Gasteiger partial charge in [0.2, 0.25) is 0 Å². The highest BCUT2D eigenvalue weighted by Gasteiger charge is 2.07. The average molecular weight is 261 g/mol. The van der Waals surface area contributed by atoms with Gasteiger partial charge in [0.05, 0.1) is 16.7 Å². The normalized spacial score (nSPS) is 11.2. The summed E-state index contributed by atoms with van der Waals surface area (Å²) in [5.74, 6) is 0.674. The van der Waals surface area contributed by atoms with E-state index in [2.05, 4.69) is 33.2 Å². The van der Waals surface area contributed by atoms with E-state index in [1.54, 1.807) is 6.20 Å². The van der Waals surface area contributed by atoms with E-state index in [0.717, 1.165) is 21.8 Å². The van der Waals surface area contributed by atoms with Crippen molar-refractivity contribution in [1.82, 2.24) is 15.0 Å². The van der Waals surface area contributed by atoms with E-state index in [9.17, 15) is 4.79 Å². The van der Waals surface area contributed by atoms with Crippen LogP contribution in [0.3, 0.4) is 0 Å². The maximum atomic E-state index is 11.4. The Morgan fingerprint density at radius 2 is 1.75 bits per heavy atom. The molecule has 4 nitrogen and oxygen atoms in total. The number of nitrogens with zero attached hydrogens (tertiary/aromatic N) is 1. The monoisotopic (exact) mass is 261 g/mol. The molecule has 0 spiro atoms. The number of nitrogens with one attached hydrogen (secondary N) is 2. The summed E-state index contributed by atoms with van der Waals surface area (Å²) in [4.78, 5) is 22.2. The molecule has 0 fully saturated rings. The Bertz CT molecular complexity index is 929. The number of rotatable bonds is 1. The zero-order chi connectivity index (χ0) is 13.5. The molecular weight excluding hydrogens is 250 g/mol. The maximum absolute atomic E-state index is 11.4. The van der Waals surface area contributed by atoms with Crippen molar-refractivity contribution in [3.63, 3.8) is 0 Å². The summed E-state index contributed by atoms with van der Waals surface area (Å²) in [7, 11) is 0. The predicted octanol–water partition coefficient (Wildman–Crippen LogP) is 3.07. The van der Waals surface area contributed by atoms with E-state index in [-0.39, 0.29) is 5.43 Å². The number of aromatic amines is 2. The van der Waals surface area contributed by atoms with E-state index >= 15 is 0 Å². The molecule has 4 rings (SSSR count). The Labute approximate surface area is 114 Å². The van der Waals surface area contributed by atoms with Crippen molar-refractivity contribution >= 4 is 21.8 Å². The third-order valence-electron chi connectivity index (χ3n) is 3.38. The van der Waals surface area contributed by atoms with Crippen LogP contribution in [-0.4, -0.2) is 15.0 Å². The Kier molecular flexibility index (Phi) is 2.23. The fraction of sp³-hybridized carbons (Fsp3) is 0. The maximum Gasteiger partial charge on any atom is 0.182 e. The highest BCUT2D eigenvalue weighted by atomic mass is 16.1. The Morgan fingerprint density at radius 3 is 2.55 bits per heavy atom. The molecule has 0 aliphatic heterocycles. The van der Waals surface area contributed by atoms with Gasteiger partial charge in [-0.2, -0.15) is 0 Å². The average Bonchev–Trinajstić information content (AvgIpc) is 2.87. The minimum Gasteiger partial charge on any atom is -0.358 e. The number of imidazole rings is 1. The van der Waals surface area contributed by atoms with Crippen LogP contribution in [0.4, 0.5) is 0 Å². The van der Waals surface area contributed by atoms with Gasteiger partial charge < -0.3 is 9.97 Å². The van der Waals surface area contributed by atoms with Crippen molar-refractivity contribution in [1.29, 1.82) is 0 Å². The minimum atomic E-state index is -0.0376. The van der Waals surface area contributed by atoms with Gasteiger partial charge in [0.1, 0.15) is 0 Å². The summed E-state index contributed by atoms with van der Waals surface area (Å²) in [6.07, 6.45) is 1.63. The third kappa shape index (κ3) is 1.70. The molecule has 0 unspecified atom stereocenters. The molecule has 4 heteroatoms. The fourth-order valence-electron chi connectivity index (χ4n) is 2.41. The molecule has 0 atom stereocenters. The first-order valence-electron chi connectivity index (χ1n) is 6.37. The topological polar surface area (TPSA) is 61.5 Å². The molecule has 2 heterocycles. The van der Waals surface area contributed by atoms with Crippen LogP contribution >= 0.6 is 0 Å². The molecule has 0 aliphatic carbocycles. The summed E-state index contributed by atoms with van der Waals surface area (Å²) < 4.78 is 0. The van der Waals surface area contributed by atoms with E-state index in [0.29, 0.717) is 11.5 Å². The van der Waals surface area contributed by atoms with Crippen LogP contribution in [0, 0.1) is 0 Å². The van der Waals surface area contributed by atoms with Gasteiger partial charge in [-0.1, -0.05) is 24.3 Å². The smallest absolute Gasteiger partial charge is 0.182 e. The molecule has 0 amide bonds. The zero-order valence-corrected chi connectivity index (χ0v) is 10.6. The lowest BCUT2D eigenvalue weighted by atomic mass is 10.1. The minimum absolute atomic E-state index is 0.0376. The number of pyridine rings is 1. The van der Waals surface area contributed by atoms with Crippen molar-refractivity contribution in [2.75, 3.05) is 0 Å². The predicted molar refractivity (Wildman–Crippen MR) is 79.7 cm³/mol. The molecule has 0 saturated carbocycles. The largest absolute Gasteiger partial charge is 0.358 e. The van der Waals surface area contributed by atoms with Gasteiger partial charge in [-0.05, 0) is 22.9 Å². The van der Waals surface area contributed by atoms with Crippen LogP contribution in [0.5, 0.6) is 0 Å². The van der Waals surface area contributed by atoms with Crippen molar-refractivity contribution in [3.8, 4) is 11.5 Å². The van der Waals surface area contributed by atoms with Crippen LogP contribution in [0.15, 0.2) is 59.5 Å². The summed E-state index contributed by atoms with van der Waals surface area (Å²) in [5.41, 5.74) is 2.51. The molecule has 0 saturated heterocycles. The second-order valence-corrected chi connectivity index (χ2v) is 4.74. The van der Waals surface area contributed by atoms with E-state index in [1.165, 1.54) is 12.1 Å². The molecule has 2 N–H and O–H groups in total. The van der Waals surface area contributed by atoms with Gasteiger partial charge in [-0.25, -0.2) is 4.98 Å². The van der Waals surface area contributed by atoms with E-state index < -0.39 is 0 Å². The number of fused-ring (bicyclic) bond motifs is 2. The quantitative estimate of drug-likeness (QED) is 0.553. The van der Waals surface area contributed by atoms with Gasteiger partial charge in [0.25, 0.3) is 0 Å². The Hall–Kier alpha value is -2.88. The summed E-state index contributed by atoms with van der Waals surface area (Å²) >= 11 is 0. The molecule has 20 heavy (non-hydrogen) atoms. The lowest BCUT2D eigenvalue weighted by molar-refractivity contribution is 1.23. The Balaban J connectivity index is 1.98. The number of hydrogen-bond donors (Lipinski definition) is 2. The SMILES string of the molecule is O=c1cc[nH]c(-c2nc3cc4ccccc4cc3[nH]2)c1. The first-order chi connectivity index (χ1) is 9.79. The van der Waals surface area contributed by atoms with Gasteiger partial charge >= 0.3 is 0 Å². The molecular formula is C16H11N3O. The van der Waals surface area contributed by atoms with Gasteiger partial charge in [-0.15, -0.1) is 0 Å². The second-order valence-electron chi connectivity index (χ2n) is 4.74. The van der Waals surface area contributed by atoms with Crippen LogP contribution in [0.2, 0.25) is 0 Å². The Morgan fingerprint density at radius 1 is 0.950 bits per heavy atom. The molecule has 0 aliphatic rings. The second kappa shape index (κ2) is 4.06. The molecule has 2 aromatic heterocycles. The molecule has 0 bridgehead atoms. The van der Waals surface area contributed by atoms with Gasteiger partial charge in [-0.3, -0.25) is 4.79 Å². The molecule has 0 radical (unpaired) electrons. The number of H-pyrrole nitrogens is 2. The van der Waals surface area contributed by atoms with Crippen LogP contribution in [0.25, 0.3) is 33.3 Å².